The summed E-state index contributed by atoms with van der Waals surface area (Å²) in [6.45, 7) is -5.87. The highest BCUT2D eigenvalue weighted by Crippen LogP contribution is 2.37. The van der Waals surface area contributed by atoms with Crippen LogP contribution >= 0.6 is 0 Å². The van der Waals surface area contributed by atoms with E-state index >= 15 is 0 Å². The fourth-order valence-corrected chi connectivity index (χ4v) is 2.42. The molecule has 0 heterocycles. The quantitative estimate of drug-likeness (QED) is 0.302. The lowest BCUT2D eigenvalue weighted by Crippen LogP contribution is -2.53. The maximum atomic E-state index is 14.0. The SMILES string of the molecule is FCC(F)(F)F.O=C(c1ccccc1)C(O)(COC(=O)C(F)(OCF)C(F)(F)F)c1ccccc1. The predicted molar refractivity (Wildman–Crippen MR) is 101 cm³/mol. The summed E-state index contributed by atoms with van der Waals surface area (Å²) in [5.41, 5.74) is -2.80. The molecule has 0 fully saturated rings. The third-order valence-electron chi connectivity index (χ3n) is 4.11. The van der Waals surface area contributed by atoms with Crippen LogP contribution in [0.4, 0.5) is 39.5 Å². The van der Waals surface area contributed by atoms with Crippen molar-refractivity contribution in [1.29, 1.82) is 0 Å². The molecule has 0 aromatic heterocycles. The van der Waals surface area contributed by atoms with Crippen molar-refractivity contribution in [3.63, 3.8) is 0 Å². The van der Waals surface area contributed by atoms with E-state index in [0.29, 0.717) is 0 Å². The highest BCUT2D eigenvalue weighted by molar-refractivity contribution is 6.03. The van der Waals surface area contributed by atoms with Gasteiger partial charge in [-0.1, -0.05) is 60.7 Å². The zero-order valence-corrected chi connectivity index (χ0v) is 17.4. The van der Waals surface area contributed by atoms with Crippen LogP contribution in [0.1, 0.15) is 15.9 Å². The van der Waals surface area contributed by atoms with E-state index in [1.165, 1.54) is 54.6 Å². The van der Waals surface area contributed by atoms with Crippen molar-refractivity contribution in [3.8, 4) is 0 Å². The molecular weight excluding hydrogens is 503 g/mol. The van der Waals surface area contributed by atoms with Gasteiger partial charge in [-0.2, -0.15) is 30.7 Å². The van der Waals surface area contributed by atoms with Crippen LogP contribution in [0.2, 0.25) is 0 Å². The maximum Gasteiger partial charge on any atom is 0.460 e. The fourth-order valence-electron chi connectivity index (χ4n) is 2.42. The van der Waals surface area contributed by atoms with Crippen LogP contribution in [0.15, 0.2) is 60.7 Å². The lowest BCUT2D eigenvalue weighted by molar-refractivity contribution is -0.332. The summed E-state index contributed by atoms with van der Waals surface area (Å²) in [6.07, 6.45) is -10.6. The lowest BCUT2D eigenvalue weighted by Gasteiger charge is -2.29. The van der Waals surface area contributed by atoms with Crippen molar-refractivity contribution in [2.75, 3.05) is 20.1 Å². The van der Waals surface area contributed by atoms with Crippen LogP contribution in [0.5, 0.6) is 0 Å². The van der Waals surface area contributed by atoms with Crippen molar-refractivity contribution in [1.82, 2.24) is 0 Å². The third kappa shape index (κ3) is 7.96. The molecule has 14 heteroatoms. The molecule has 2 aromatic rings. The minimum atomic E-state index is -5.95. The van der Waals surface area contributed by atoms with Gasteiger partial charge in [0.2, 0.25) is 5.78 Å². The van der Waals surface area contributed by atoms with Gasteiger partial charge in [-0.05, 0) is 5.56 Å². The molecule has 0 spiro atoms. The Morgan fingerprint density at radius 1 is 0.800 bits per heavy atom. The van der Waals surface area contributed by atoms with Crippen molar-refractivity contribution in [3.05, 3.63) is 71.8 Å². The summed E-state index contributed by atoms with van der Waals surface area (Å²) in [5.74, 6) is -8.77. The van der Waals surface area contributed by atoms with Gasteiger partial charge in [0.25, 0.3) is 0 Å². The molecule has 2 aromatic carbocycles. The molecule has 0 aliphatic carbocycles. The number of halogens is 9. The van der Waals surface area contributed by atoms with Crippen molar-refractivity contribution in [2.45, 2.75) is 23.8 Å². The van der Waals surface area contributed by atoms with Gasteiger partial charge in [0, 0.05) is 5.56 Å². The van der Waals surface area contributed by atoms with Gasteiger partial charge < -0.3 is 9.84 Å². The first kappa shape index (κ1) is 29.9. The van der Waals surface area contributed by atoms with Crippen LogP contribution in [0.3, 0.4) is 0 Å². The second-order valence-corrected chi connectivity index (χ2v) is 6.59. The van der Waals surface area contributed by atoms with E-state index in [4.69, 9.17) is 0 Å². The zero-order valence-electron chi connectivity index (χ0n) is 17.4. The average molecular weight is 520 g/mol. The third-order valence-corrected chi connectivity index (χ3v) is 4.11. The first-order valence-corrected chi connectivity index (χ1v) is 9.25. The predicted octanol–water partition coefficient (Wildman–Crippen LogP) is 4.99. The summed E-state index contributed by atoms with van der Waals surface area (Å²) < 4.78 is 114. The average Bonchev–Trinajstić information content (AvgIpc) is 2.82. The van der Waals surface area contributed by atoms with E-state index in [1.807, 2.05) is 0 Å². The van der Waals surface area contributed by atoms with Gasteiger partial charge in [-0.25, -0.2) is 13.6 Å². The van der Waals surface area contributed by atoms with Gasteiger partial charge >= 0.3 is 24.2 Å². The fraction of sp³-hybridized carbons (Fsp3) is 0.333. The molecule has 0 amide bonds. The first-order valence-electron chi connectivity index (χ1n) is 9.25. The second-order valence-electron chi connectivity index (χ2n) is 6.59. The molecule has 1 N–H and O–H groups in total. The molecule has 194 valence electrons. The minimum absolute atomic E-state index is 0.0442. The Morgan fingerprint density at radius 3 is 1.66 bits per heavy atom. The molecule has 0 saturated carbocycles. The number of Topliss-reactive ketones (excluding diaryl/α,β-unsaturated/α-hetero) is 1. The van der Waals surface area contributed by atoms with E-state index in [9.17, 15) is 54.2 Å². The number of ether oxygens (including phenoxy) is 2. The Hall–Kier alpha value is -3.13. The normalized spacial score (nSPS) is 15.1. The number of rotatable bonds is 8. The summed E-state index contributed by atoms with van der Waals surface area (Å²) in [7, 11) is 0. The molecule has 5 nitrogen and oxygen atoms in total. The molecule has 0 aliphatic heterocycles. The van der Waals surface area contributed by atoms with Crippen LogP contribution in [0, 0.1) is 0 Å². The topological polar surface area (TPSA) is 72.8 Å². The van der Waals surface area contributed by atoms with E-state index in [1.54, 1.807) is 6.07 Å². The summed E-state index contributed by atoms with van der Waals surface area (Å²) in [5, 5.41) is 10.9. The van der Waals surface area contributed by atoms with E-state index in [2.05, 4.69) is 9.47 Å². The van der Waals surface area contributed by atoms with Gasteiger partial charge in [-0.3, -0.25) is 9.53 Å². The Kier molecular flexibility index (Phi) is 10.3. The first-order chi connectivity index (χ1) is 16.1. The number of hydrogen-bond donors (Lipinski definition) is 1. The highest BCUT2D eigenvalue weighted by Gasteiger charge is 2.65. The van der Waals surface area contributed by atoms with Gasteiger partial charge in [0.15, 0.2) is 19.1 Å². The molecule has 0 bridgehead atoms. The Labute approximate surface area is 192 Å². The van der Waals surface area contributed by atoms with E-state index in [-0.39, 0.29) is 11.1 Å². The maximum absolute atomic E-state index is 14.0. The van der Waals surface area contributed by atoms with E-state index in [0.717, 1.165) is 0 Å². The number of esters is 1. The van der Waals surface area contributed by atoms with Crippen molar-refractivity contribution >= 4 is 11.8 Å². The Bertz CT molecular complexity index is 951. The zero-order chi connectivity index (χ0) is 26.9. The molecule has 2 atom stereocenters. The molecule has 35 heavy (non-hydrogen) atoms. The van der Waals surface area contributed by atoms with Crippen LogP contribution in [-0.4, -0.2) is 55.2 Å². The molecule has 0 radical (unpaired) electrons. The molecule has 0 aliphatic rings. The van der Waals surface area contributed by atoms with Crippen LogP contribution < -0.4 is 0 Å². The van der Waals surface area contributed by atoms with Crippen molar-refractivity contribution in [2.24, 2.45) is 0 Å². The molecule has 0 saturated heterocycles. The van der Waals surface area contributed by atoms with Crippen LogP contribution in [-0.2, 0) is 19.9 Å². The summed E-state index contributed by atoms with van der Waals surface area (Å²) in [4.78, 5) is 24.5. The summed E-state index contributed by atoms with van der Waals surface area (Å²) >= 11 is 0. The van der Waals surface area contributed by atoms with Gasteiger partial charge in [0.05, 0.1) is 0 Å². The number of ketones is 1. The number of alkyl halides is 9. The molecule has 2 unspecified atom stereocenters. The molecular formula is C21H17F9O5. The standard InChI is InChI=1S/C19H15F5O5.C2H2F4/c20-12-29-18(21,19(22,23)24)16(26)28-11-17(27,14-9-5-2-6-10-14)15(25)13-7-3-1-4-8-13;3-1-2(4,5)6/h1-10,27H,11-12H2;1H2. The number of benzene rings is 2. The summed E-state index contributed by atoms with van der Waals surface area (Å²) in [6, 6.07) is 14.1. The number of aliphatic hydroxyl groups is 1. The Morgan fingerprint density at radius 2 is 1.26 bits per heavy atom. The largest absolute Gasteiger partial charge is 0.460 e. The number of hydrogen-bond acceptors (Lipinski definition) is 5. The van der Waals surface area contributed by atoms with Crippen molar-refractivity contribution < 1.29 is 63.7 Å². The Balaban J connectivity index is 0.000000905. The second kappa shape index (κ2) is 12.0. The molecule has 2 rings (SSSR count). The van der Waals surface area contributed by atoms with Crippen LogP contribution in [0.25, 0.3) is 0 Å². The number of carbonyl (C=O) groups excluding carboxylic acids is 2. The van der Waals surface area contributed by atoms with Gasteiger partial charge in [-0.15, -0.1) is 0 Å². The number of carbonyl (C=O) groups is 2. The van der Waals surface area contributed by atoms with Gasteiger partial charge in [0.1, 0.15) is 6.61 Å². The minimum Gasteiger partial charge on any atom is -0.457 e. The highest BCUT2D eigenvalue weighted by atomic mass is 19.4. The monoisotopic (exact) mass is 520 g/mol. The van der Waals surface area contributed by atoms with E-state index < -0.39 is 55.7 Å². The smallest absolute Gasteiger partial charge is 0.457 e. The lowest BCUT2D eigenvalue weighted by atomic mass is 9.86.